The van der Waals surface area contributed by atoms with Crippen LogP contribution in [0.4, 0.5) is 5.82 Å². The van der Waals surface area contributed by atoms with Crippen LogP contribution in [-0.2, 0) is 0 Å². The van der Waals surface area contributed by atoms with Crippen molar-refractivity contribution in [1.29, 1.82) is 0 Å². The lowest BCUT2D eigenvalue weighted by Gasteiger charge is -2.12. The van der Waals surface area contributed by atoms with E-state index in [-0.39, 0.29) is 0 Å². The second-order valence-corrected chi connectivity index (χ2v) is 7.73. The molecule has 2 aromatic rings. The van der Waals surface area contributed by atoms with Gasteiger partial charge in [0.25, 0.3) is 0 Å². The molecular formula is C14H13Br2IN4. The van der Waals surface area contributed by atoms with E-state index in [4.69, 9.17) is 4.98 Å². The summed E-state index contributed by atoms with van der Waals surface area (Å²) in [7, 11) is 0. The smallest absolute Gasteiger partial charge is 0.181 e. The van der Waals surface area contributed by atoms with E-state index in [1.54, 1.807) is 6.20 Å². The molecule has 2 aromatic heterocycles. The van der Waals surface area contributed by atoms with Gasteiger partial charge in [-0.05, 0) is 80.3 Å². The summed E-state index contributed by atoms with van der Waals surface area (Å²) >= 11 is 9.31. The van der Waals surface area contributed by atoms with Crippen molar-refractivity contribution in [3.8, 4) is 11.5 Å². The second-order valence-electron chi connectivity index (χ2n) is 4.88. The van der Waals surface area contributed by atoms with Crippen molar-refractivity contribution in [2.75, 3.05) is 11.9 Å². The summed E-state index contributed by atoms with van der Waals surface area (Å²) < 4.78 is 2.95. The highest BCUT2D eigenvalue weighted by Crippen LogP contribution is 2.43. The average Bonchev–Trinajstić information content (AvgIpc) is 3.26. The van der Waals surface area contributed by atoms with Crippen LogP contribution >= 0.6 is 54.5 Å². The first kappa shape index (κ1) is 15.6. The van der Waals surface area contributed by atoms with E-state index in [0.717, 1.165) is 36.3 Å². The molecule has 0 saturated heterocycles. The minimum atomic E-state index is 0.574. The molecule has 1 saturated carbocycles. The Morgan fingerprint density at radius 3 is 2.71 bits per heavy atom. The molecule has 0 amide bonds. The quantitative estimate of drug-likeness (QED) is 0.574. The molecule has 0 aliphatic heterocycles. The average molecular weight is 524 g/mol. The van der Waals surface area contributed by atoms with Crippen LogP contribution < -0.4 is 5.32 Å². The van der Waals surface area contributed by atoms with E-state index in [2.05, 4.69) is 76.7 Å². The third kappa shape index (κ3) is 3.39. The van der Waals surface area contributed by atoms with Gasteiger partial charge in [-0.15, -0.1) is 0 Å². The molecule has 21 heavy (non-hydrogen) atoms. The maximum Gasteiger partial charge on any atom is 0.181 e. The number of pyridine rings is 1. The Bertz CT molecular complexity index is 689. The van der Waals surface area contributed by atoms with Gasteiger partial charge in [-0.2, -0.15) is 0 Å². The fourth-order valence-electron chi connectivity index (χ4n) is 2.06. The zero-order valence-electron chi connectivity index (χ0n) is 11.3. The summed E-state index contributed by atoms with van der Waals surface area (Å²) in [5.41, 5.74) is 1.92. The van der Waals surface area contributed by atoms with Gasteiger partial charge in [0.05, 0.1) is 9.26 Å². The number of hydrogen-bond donors (Lipinski definition) is 1. The second kappa shape index (κ2) is 6.45. The van der Waals surface area contributed by atoms with Gasteiger partial charge in [0.1, 0.15) is 11.5 Å². The molecule has 1 N–H and O–H groups in total. The molecule has 2 heterocycles. The molecule has 110 valence electrons. The molecule has 0 atom stereocenters. The first-order valence-corrected chi connectivity index (χ1v) is 9.39. The van der Waals surface area contributed by atoms with Gasteiger partial charge in [0.2, 0.25) is 0 Å². The highest BCUT2D eigenvalue weighted by Gasteiger charge is 2.30. The Morgan fingerprint density at radius 2 is 2.10 bits per heavy atom. The zero-order valence-corrected chi connectivity index (χ0v) is 16.7. The molecule has 4 nitrogen and oxygen atoms in total. The summed E-state index contributed by atoms with van der Waals surface area (Å²) in [6, 6.07) is 1.97. The number of nitrogens with one attached hydrogen (secondary N) is 1. The topological polar surface area (TPSA) is 50.7 Å². The van der Waals surface area contributed by atoms with Crippen LogP contribution in [0.1, 0.15) is 31.4 Å². The Morgan fingerprint density at radius 1 is 1.33 bits per heavy atom. The molecule has 1 aliphatic rings. The van der Waals surface area contributed by atoms with Gasteiger partial charge in [0, 0.05) is 27.6 Å². The molecule has 0 spiro atoms. The van der Waals surface area contributed by atoms with Crippen molar-refractivity contribution in [3.05, 3.63) is 30.5 Å². The maximum absolute atomic E-state index is 4.77. The van der Waals surface area contributed by atoms with Crippen molar-refractivity contribution in [2.45, 2.75) is 25.7 Å². The number of aromatic nitrogens is 3. The van der Waals surface area contributed by atoms with Crippen LogP contribution in [-0.4, -0.2) is 21.5 Å². The molecule has 0 unspecified atom stereocenters. The van der Waals surface area contributed by atoms with E-state index in [0.29, 0.717) is 11.7 Å². The van der Waals surface area contributed by atoms with Crippen molar-refractivity contribution >= 4 is 60.3 Å². The monoisotopic (exact) mass is 522 g/mol. The van der Waals surface area contributed by atoms with Gasteiger partial charge >= 0.3 is 0 Å². The van der Waals surface area contributed by atoms with Crippen LogP contribution in [0.5, 0.6) is 0 Å². The Balaban J connectivity index is 2.13. The minimum absolute atomic E-state index is 0.574. The SMILES string of the molecule is CCNc1nc(-c2ncc(Br)cc2Br)nc(C2CC2)c1I. The number of nitrogens with zero attached hydrogens (tertiary/aromatic N) is 3. The number of anilines is 1. The van der Waals surface area contributed by atoms with Crippen LogP contribution in [0.15, 0.2) is 21.2 Å². The summed E-state index contributed by atoms with van der Waals surface area (Å²) in [4.78, 5) is 13.9. The molecule has 0 aromatic carbocycles. The maximum atomic E-state index is 4.77. The summed E-state index contributed by atoms with van der Waals surface area (Å²) in [5, 5.41) is 3.33. The van der Waals surface area contributed by atoms with Crippen LogP contribution in [0.3, 0.4) is 0 Å². The summed E-state index contributed by atoms with van der Waals surface area (Å²) in [5.74, 6) is 2.15. The number of rotatable bonds is 4. The fourth-order valence-corrected chi connectivity index (χ4v) is 4.10. The third-order valence-corrected chi connectivity index (χ3v) is 5.31. The molecular weight excluding hydrogens is 511 g/mol. The molecule has 0 bridgehead atoms. The lowest BCUT2D eigenvalue weighted by Crippen LogP contribution is -2.08. The Kier molecular flexibility index (Phi) is 4.80. The lowest BCUT2D eigenvalue weighted by atomic mass is 10.2. The zero-order chi connectivity index (χ0) is 15.0. The van der Waals surface area contributed by atoms with Gasteiger partial charge in [-0.3, -0.25) is 4.98 Å². The molecule has 3 rings (SSSR count). The van der Waals surface area contributed by atoms with Crippen molar-refractivity contribution < 1.29 is 0 Å². The van der Waals surface area contributed by atoms with Crippen molar-refractivity contribution in [3.63, 3.8) is 0 Å². The van der Waals surface area contributed by atoms with Gasteiger partial charge in [0.15, 0.2) is 5.82 Å². The van der Waals surface area contributed by atoms with Gasteiger partial charge in [-0.1, -0.05) is 0 Å². The van der Waals surface area contributed by atoms with Crippen molar-refractivity contribution in [2.24, 2.45) is 0 Å². The van der Waals surface area contributed by atoms with Crippen LogP contribution in [0.2, 0.25) is 0 Å². The van der Waals surface area contributed by atoms with E-state index >= 15 is 0 Å². The largest absolute Gasteiger partial charge is 0.369 e. The Labute approximate surface area is 154 Å². The number of halogens is 3. The van der Waals surface area contributed by atoms with Crippen LogP contribution in [0.25, 0.3) is 11.5 Å². The third-order valence-electron chi connectivity index (χ3n) is 3.20. The summed E-state index contributed by atoms with van der Waals surface area (Å²) in [6.07, 6.45) is 4.20. The fraction of sp³-hybridized carbons (Fsp3) is 0.357. The van der Waals surface area contributed by atoms with E-state index < -0.39 is 0 Å². The molecule has 7 heteroatoms. The predicted molar refractivity (Wildman–Crippen MR) is 99.5 cm³/mol. The van der Waals surface area contributed by atoms with E-state index in [1.165, 1.54) is 12.8 Å². The minimum Gasteiger partial charge on any atom is -0.369 e. The number of hydrogen-bond acceptors (Lipinski definition) is 4. The standard InChI is InChI=1S/C14H13Br2IN4/c1-2-18-13-10(17)11(7-3-4-7)20-14(21-13)12-9(16)5-8(15)6-19-12/h5-7H,2-4H2,1H3,(H,18,20,21). The van der Waals surface area contributed by atoms with E-state index in [9.17, 15) is 0 Å². The molecule has 1 aliphatic carbocycles. The highest BCUT2D eigenvalue weighted by molar-refractivity contribution is 14.1. The van der Waals surface area contributed by atoms with Crippen molar-refractivity contribution in [1.82, 2.24) is 15.0 Å². The highest BCUT2D eigenvalue weighted by atomic mass is 127. The molecule has 1 fully saturated rings. The molecule has 0 radical (unpaired) electrons. The van der Waals surface area contributed by atoms with Crippen LogP contribution in [0, 0.1) is 3.57 Å². The first-order chi connectivity index (χ1) is 10.1. The van der Waals surface area contributed by atoms with Gasteiger partial charge < -0.3 is 5.32 Å². The predicted octanol–water partition coefficient (Wildman–Crippen LogP) is 4.98. The van der Waals surface area contributed by atoms with E-state index in [1.807, 2.05) is 6.07 Å². The summed E-state index contributed by atoms with van der Waals surface area (Å²) in [6.45, 7) is 2.91. The van der Waals surface area contributed by atoms with Gasteiger partial charge in [-0.25, -0.2) is 9.97 Å². The normalized spacial score (nSPS) is 14.3. The Hall–Kier alpha value is -0.280. The lowest BCUT2D eigenvalue weighted by molar-refractivity contribution is 0.965. The first-order valence-electron chi connectivity index (χ1n) is 6.73.